The molecule has 0 fully saturated rings. The summed E-state index contributed by atoms with van der Waals surface area (Å²) in [7, 11) is 0. The van der Waals surface area contributed by atoms with Crippen molar-refractivity contribution in [1.29, 1.82) is 0 Å². The Morgan fingerprint density at radius 1 is 1.46 bits per heavy atom. The predicted octanol–water partition coefficient (Wildman–Crippen LogP) is 2.51. The first-order chi connectivity index (χ1) is 6.11. The summed E-state index contributed by atoms with van der Waals surface area (Å²) in [6.45, 7) is 7.69. The maximum atomic E-state index is 11.5. The zero-order chi connectivity index (χ0) is 10.3. The quantitative estimate of drug-likeness (QED) is 0.611. The van der Waals surface area contributed by atoms with E-state index in [2.05, 4.69) is 13.8 Å². The Morgan fingerprint density at radius 2 is 2.08 bits per heavy atom. The highest BCUT2D eigenvalue weighted by molar-refractivity contribution is 6.18. The zero-order valence-corrected chi connectivity index (χ0v) is 9.60. The molecule has 0 unspecified atom stereocenters. The summed E-state index contributed by atoms with van der Waals surface area (Å²) in [4.78, 5) is 13.4. The normalized spacial score (nSPS) is 10.5. The van der Waals surface area contributed by atoms with Gasteiger partial charge in [0.1, 0.15) is 0 Å². The van der Waals surface area contributed by atoms with Crippen LogP contribution in [-0.4, -0.2) is 29.8 Å². The molecule has 3 heteroatoms. The summed E-state index contributed by atoms with van der Waals surface area (Å²) in [5.74, 6) is 1.36. The molecule has 0 aromatic carbocycles. The molecule has 13 heavy (non-hydrogen) atoms. The second kappa shape index (κ2) is 7.19. The van der Waals surface area contributed by atoms with Gasteiger partial charge in [0, 0.05) is 25.4 Å². The molecule has 1 amide bonds. The van der Waals surface area contributed by atoms with Gasteiger partial charge in [0.2, 0.25) is 5.91 Å². The molecule has 0 rings (SSSR count). The lowest BCUT2D eigenvalue weighted by atomic mass is 10.1. The summed E-state index contributed by atoms with van der Waals surface area (Å²) >= 11 is 5.59. The van der Waals surface area contributed by atoms with E-state index < -0.39 is 0 Å². The fourth-order valence-electron chi connectivity index (χ4n) is 1.13. The van der Waals surface area contributed by atoms with Gasteiger partial charge in [-0.05, 0) is 19.3 Å². The van der Waals surface area contributed by atoms with E-state index in [4.69, 9.17) is 11.6 Å². The van der Waals surface area contributed by atoms with Gasteiger partial charge in [-0.25, -0.2) is 0 Å². The monoisotopic (exact) mass is 205 g/mol. The summed E-state index contributed by atoms with van der Waals surface area (Å²) in [6, 6.07) is 0. The van der Waals surface area contributed by atoms with Gasteiger partial charge in [-0.1, -0.05) is 13.8 Å². The van der Waals surface area contributed by atoms with Gasteiger partial charge < -0.3 is 4.90 Å². The molecule has 0 heterocycles. The maximum absolute atomic E-state index is 11.5. The Kier molecular flexibility index (Phi) is 7.06. The molecule has 78 valence electrons. The van der Waals surface area contributed by atoms with Crippen molar-refractivity contribution in [3.05, 3.63) is 0 Å². The second-order valence-electron chi connectivity index (χ2n) is 3.59. The molecule has 0 atom stereocenters. The molecule has 0 spiro atoms. The van der Waals surface area contributed by atoms with Crippen LogP contribution >= 0.6 is 11.6 Å². The summed E-state index contributed by atoms with van der Waals surface area (Å²) < 4.78 is 0. The number of rotatable bonds is 6. The van der Waals surface area contributed by atoms with Crippen molar-refractivity contribution in [2.75, 3.05) is 19.0 Å². The first kappa shape index (κ1) is 12.8. The molecule has 0 aliphatic rings. The number of amides is 1. The van der Waals surface area contributed by atoms with E-state index in [-0.39, 0.29) is 5.91 Å². The van der Waals surface area contributed by atoms with Crippen molar-refractivity contribution in [2.45, 2.75) is 33.6 Å². The average Bonchev–Trinajstić information content (AvgIpc) is 2.10. The van der Waals surface area contributed by atoms with Gasteiger partial charge in [-0.2, -0.15) is 0 Å². The minimum atomic E-state index is 0.233. The second-order valence-corrected chi connectivity index (χ2v) is 3.97. The van der Waals surface area contributed by atoms with E-state index in [0.717, 1.165) is 13.0 Å². The van der Waals surface area contributed by atoms with Gasteiger partial charge in [0.05, 0.1) is 0 Å². The van der Waals surface area contributed by atoms with Crippen LogP contribution in [0.4, 0.5) is 0 Å². The molecule has 0 aromatic rings. The van der Waals surface area contributed by atoms with Crippen LogP contribution in [-0.2, 0) is 4.79 Å². The molecule has 0 saturated carbocycles. The summed E-state index contributed by atoms with van der Waals surface area (Å²) in [5, 5.41) is 0. The van der Waals surface area contributed by atoms with E-state index in [1.807, 2.05) is 11.8 Å². The summed E-state index contributed by atoms with van der Waals surface area (Å²) in [6.07, 6.45) is 1.63. The third-order valence-corrected chi connectivity index (χ3v) is 2.19. The smallest absolute Gasteiger partial charge is 0.222 e. The lowest BCUT2D eigenvalue weighted by molar-refractivity contribution is -0.131. The third kappa shape index (κ3) is 5.92. The van der Waals surface area contributed by atoms with Crippen molar-refractivity contribution in [3.8, 4) is 0 Å². The van der Waals surface area contributed by atoms with E-state index in [1.54, 1.807) is 0 Å². The van der Waals surface area contributed by atoms with Crippen LogP contribution < -0.4 is 0 Å². The highest BCUT2D eigenvalue weighted by atomic mass is 35.5. The fraction of sp³-hybridized carbons (Fsp3) is 0.900. The third-order valence-electron chi connectivity index (χ3n) is 2.02. The van der Waals surface area contributed by atoms with Crippen LogP contribution in [0.1, 0.15) is 33.6 Å². The molecule has 0 aromatic heterocycles. The topological polar surface area (TPSA) is 20.3 Å². The molecule has 0 saturated heterocycles. The number of halogens is 1. The van der Waals surface area contributed by atoms with Crippen molar-refractivity contribution >= 4 is 17.5 Å². The first-order valence-corrected chi connectivity index (χ1v) is 5.49. The lowest BCUT2D eigenvalue weighted by Gasteiger charge is -2.19. The Hall–Kier alpha value is -0.240. The predicted molar refractivity (Wildman–Crippen MR) is 57.0 cm³/mol. The van der Waals surface area contributed by atoms with Crippen LogP contribution in [0.3, 0.4) is 0 Å². The molecule has 0 bridgehead atoms. The van der Waals surface area contributed by atoms with Crippen molar-refractivity contribution < 1.29 is 4.79 Å². The highest BCUT2D eigenvalue weighted by Crippen LogP contribution is 2.06. The summed E-state index contributed by atoms with van der Waals surface area (Å²) in [5.41, 5.74) is 0. The molecule has 2 nitrogen and oxygen atoms in total. The largest absolute Gasteiger partial charge is 0.342 e. The van der Waals surface area contributed by atoms with Crippen LogP contribution in [0.15, 0.2) is 0 Å². The van der Waals surface area contributed by atoms with Crippen LogP contribution in [0.25, 0.3) is 0 Å². The standard InChI is InChI=1S/C10H20ClNO/c1-4-12(8-7-11)10(13)6-5-9(2)3/h9H,4-8H2,1-3H3. The average molecular weight is 206 g/mol. The Labute approximate surface area is 86.2 Å². The SMILES string of the molecule is CCN(CCCl)C(=O)CCC(C)C. The molecule has 0 radical (unpaired) electrons. The van der Waals surface area contributed by atoms with Gasteiger partial charge in [-0.15, -0.1) is 11.6 Å². The van der Waals surface area contributed by atoms with Crippen LogP contribution in [0.5, 0.6) is 0 Å². The van der Waals surface area contributed by atoms with Gasteiger partial charge in [0.25, 0.3) is 0 Å². The van der Waals surface area contributed by atoms with Crippen molar-refractivity contribution in [1.82, 2.24) is 4.90 Å². The van der Waals surface area contributed by atoms with Gasteiger partial charge >= 0.3 is 0 Å². The van der Waals surface area contributed by atoms with Gasteiger partial charge in [-0.3, -0.25) is 4.79 Å². The molecule has 0 aliphatic carbocycles. The number of carbonyl (C=O) groups excluding carboxylic acids is 1. The minimum absolute atomic E-state index is 0.233. The van der Waals surface area contributed by atoms with Crippen molar-refractivity contribution in [3.63, 3.8) is 0 Å². The van der Waals surface area contributed by atoms with Crippen molar-refractivity contribution in [2.24, 2.45) is 5.92 Å². The minimum Gasteiger partial charge on any atom is -0.342 e. The van der Waals surface area contributed by atoms with E-state index in [0.29, 0.717) is 24.8 Å². The van der Waals surface area contributed by atoms with E-state index >= 15 is 0 Å². The number of carbonyl (C=O) groups is 1. The maximum Gasteiger partial charge on any atom is 0.222 e. The molecular formula is C10H20ClNO. The van der Waals surface area contributed by atoms with E-state index in [1.165, 1.54) is 0 Å². The first-order valence-electron chi connectivity index (χ1n) is 4.95. The Morgan fingerprint density at radius 3 is 2.46 bits per heavy atom. The Bertz CT molecular complexity index is 148. The van der Waals surface area contributed by atoms with Crippen LogP contribution in [0.2, 0.25) is 0 Å². The van der Waals surface area contributed by atoms with Crippen LogP contribution in [0, 0.1) is 5.92 Å². The molecule has 0 aliphatic heterocycles. The highest BCUT2D eigenvalue weighted by Gasteiger charge is 2.10. The van der Waals surface area contributed by atoms with Gasteiger partial charge in [0.15, 0.2) is 0 Å². The number of hydrogen-bond donors (Lipinski definition) is 0. The fourth-order valence-corrected chi connectivity index (χ4v) is 1.34. The van der Waals surface area contributed by atoms with E-state index in [9.17, 15) is 4.79 Å². The Balaban J connectivity index is 3.77. The number of nitrogens with zero attached hydrogens (tertiary/aromatic N) is 1. The molecular weight excluding hydrogens is 186 g/mol. The number of alkyl halides is 1. The zero-order valence-electron chi connectivity index (χ0n) is 8.85. The number of hydrogen-bond acceptors (Lipinski definition) is 1. The molecule has 0 N–H and O–H groups in total. The lowest BCUT2D eigenvalue weighted by Crippen LogP contribution is -2.32.